The molecule has 1 aliphatic heterocycles. The Balaban J connectivity index is 2.25. The molecule has 1 aromatic carbocycles. The lowest BCUT2D eigenvalue weighted by Gasteiger charge is -2.30. The van der Waals surface area contributed by atoms with Gasteiger partial charge in [-0.1, -0.05) is 13.8 Å². The second kappa shape index (κ2) is 6.13. The predicted molar refractivity (Wildman–Crippen MR) is 90.2 cm³/mol. The van der Waals surface area contributed by atoms with Crippen LogP contribution in [-0.4, -0.2) is 38.4 Å². The number of hydrogen-bond donors (Lipinski definition) is 0. The smallest absolute Gasteiger partial charge is 0.121 e. The van der Waals surface area contributed by atoms with Gasteiger partial charge < -0.3 is 14.4 Å². The summed E-state index contributed by atoms with van der Waals surface area (Å²) in [6, 6.07) is 6.40. The number of rotatable bonds is 3. The van der Waals surface area contributed by atoms with E-state index in [0.717, 1.165) is 49.0 Å². The summed E-state index contributed by atoms with van der Waals surface area (Å²) < 4.78 is 11.0. The summed E-state index contributed by atoms with van der Waals surface area (Å²) >= 11 is 0. The van der Waals surface area contributed by atoms with Gasteiger partial charge in [-0.3, -0.25) is 4.98 Å². The first kappa shape index (κ1) is 15.1. The van der Waals surface area contributed by atoms with E-state index >= 15 is 0 Å². The lowest BCUT2D eigenvalue weighted by atomic mass is 9.97. The van der Waals surface area contributed by atoms with Crippen LogP contribution in [0.1, 0.15) is 31.0 Å². The standard InChI is InChI=1S/C18H24N2O2/c1-12(2)15-9-13(3)19-18-16(15)10-14(21-4)11-17(18)20-5-7-22-8-6-20/h9-12H,5-8H2,1-4H3. The average molecular weight is 300 g/mol. The van der Waals surface area contributed by atoms with Crippen molar-refractivity contribution in [3.05, 3.63) is 29.5 Å². The number of hydrogen-bond acceptors (Lipinski definition) is 4. The highest BCUT2D eigenvalue weighted by molar-refractivity contribution is 5.95. The van der Waals surface area contributed by atoms with Crippen LogP contribution in [0.25, 0.3) is 10.9 Å². The maximum absolute atomic E-state index is 5.53. The molecule has 118 valence electrons. The second-order valence-corrected chi connectivity index (χ2v) is 6.15. The quantitative estimate of drug-likeness (QED) is 0.869. The van der Waals surface area contributed by atoms with Crippen LogP contribution in [0.2, 0.25) is 0 Å². The lowest BCUT2D eigenvalue weighted by Crippen LogP contribution is -2.36. The third-order valence-electron chi connectivity index (χ3n) is 4.24. The first-order valence-electron chi connectivity index (χ1n) is 7.92. The van der Waals surface area contributed by atoms with Gasteiger partial charge in [-0.05, 0) is 30.5 Å². The van der Waals surface area contributed by atoms with Gasteiger partial charge in [0.2, 0.25) is 0 Å². The SMILES string of the molecule is COc1cc(N2CCOCC2)c2nc(C)cc(C(C)C)c2c1. The van der Waals surface area contributed by atoms with Crippen molar-refractivity contribution in [1.82, 2.24) is 4.98 Å². The summed E-state index contributed by atoms with van der Waals surface area (Å²) in [4.78, 5) is 7.18. The highest BCUT2D eigenvalue weighted by Crippen LogP contribution is 2.35. The van der Waals surface area contributed by atoms with Crippen LogP contribution in [0.4, 0.5) is 5.69 Å². The van der Waals surface area contributed by atoms with Crippen LogP contribution in [-0.2, 0) is 4.74 Å². The van der Waals surface area contributed by atoms with Gasteiger partial charge in [0.05, 0.1) is 31.5 Å². The maximum Gasteiger partial charge on any atom is 0.121 e. The number of methoxy groups -OCH3 is 1. The average Bonchev–Trinajstić information content (AvgIpc) is 2.53. The summed E-state index contributed by atoms with van der Waals surface area (Å²) in [6.07, 6.45) is 0. The molecule has 2 aromatic rings. The molecule has 0 N–H and O–H groups in total. The molecule has 22 heavy (non-hydrogen) atoms. The molecular formula is C18H24N2O2. The van der Waals surface area contributed by atoms with Crippen LogP contribution >= 0.6 is 0 Å². The molecule has 1 saturated heterocycles. The molecular weight excluding hydrogens is 276 g/mol. The normalized spacial score (nSPS) is 15.6. The molecule has 0 radical (unpaired) electrons. The number of pyridine rings is 1. The fourth-order valence-electron chi connectivity index (χ4n) is 3.08. The van der Waals surface area contributed by atoms with E-state index in [1.807, 2.05) is 0 Å². The van der Waals surface area contributed by atoms with Crippen molar-refractivity contribution < 1.29 is 9.47 Å². The van der Waals surface area contributed by atoms with Crippen LogP contribution in [0.15, 0.2) is 18.2 Å². The number of benzene rings is 1. The number of ether oxygens (including phenoxy) is 2. The number of aryl methyl sites for hydroxylation is 1. The molecule has 1 aliphatic rings. The number of morpholine rings is 1. The van der Waals surface area contributed by atoms with Crippen molar-refractivity contribution in [1.29, 1.82) is 0 Å². The molecule has 0 spiro atoms. The van der Waals surface area contributed by atoms with E-state index in [4.69, 9.17) is 14.5 Å². The minimum atomic E-state index is 0.453. The van der Waals surface area contributed by atoms with Gasteiger partial charge in [0.15, 0.2) is 0 Å². The van der Waals surface area contributed by atoms with Crippen LogP contribution < -0.4 is 9.64 Å². The van der Waals surface area contributed by atoms with E-state index in [0.29, 0.717) is 5.92 Å². The Bertz CT molecular complexity index is 676. The summed E-state index contributed by atoms with van der Waals surface area (Å²) in [7, 11) is 1.72. The van der Waals surface area contributed by atoms with Crippen molar-refractivity contribution in [2.24, 2.45) is 0 Å². The Morgan fingerprint density at radius 2 is 1.91 bits per heavy atom. The second-order valence-electron chi connectivity index (χ2n) is 6.15. The molecule has 0 bridgehead atoms. The summed E-state index contributed by atoms with van der Waals surface area (Å²) in [5, 5.41) is 1.20. The molecule has 3 rings (SSSR count). The van der Waals surface area contributed by atoms with E-state index in [2.05, 4.69) is 43.9 Å². The Labute approximate surface area is 132 Å². The minimum Gasteiger partial charge on any atom is -0.497 e. The molecule has 4 heteroatoms. The van der Waals surface area contributed by atoms with Crippen molar-refractivity contribution >= 4 is 16.6 Å². The fraction of sp³-hybridized carbons (Fsp3) is 0.500. The van der Waals surface area contributed by atoms with Gasteiger partial charge in [-0.15, -0.1) is 0 Å². The monoisotopic (exact) mass is 300 g/mol. The third kappa shape index (κ3) is 2.75. The number of nitrogens with zero attached hydrogens (tertiary/aromatic N) is 2. The van der Waals surface area contributed by atoms with Crippen LogP contribution in [0.3, 0.4) is 0 Å². The summed E-state index contributed by atoms with van der Waals surface area (Å²) in [5.41, 5.74) is 4.63. The first-order valence-corrected chi connectivity index (χ1v) is 7.92. The molecule has 0 unspecified atom stereocenters. The zero-order valence-corrected chi connectivity index (χ0v) is 13.8. The fourth-order valence-corrected chi connectivity index (χ4v) is 3.08. The third-order valence-corrected chi connectivity index (χ3v) is 4.24. The molecule has 1 aromatic heterocycles. The van der Waals surface area contributed by atoms with Crippen molar-refractivity contribution in [2.45, 2.75) is 26.7 Å². The number of anilines is 1. The van der Waals surface area contributed by atoms with Crippen molar-refractivity contribution in [3.8, 4) is 5.75 Å². The Hall–Kier alpha value is -1.81. The molecule has 0 amide bonds. The molecule has 4 nitrogen and oxygen atoms in total. The van der Waals surface area contributed by atoms with E-state index in [9.17, 15) is 0 Å². The molecule has 0 atom stereocenters. The van der Waals surface area contributed by atoms with Crippen LogP contribution in [0.5, 0.6) is 5.75 Å². The predicted octanol–water partition coefficient (Wildman–Crippen LogP) is 3.51. The number of aromatic nitrogens is 1. The summed E-state index contributed by atoms with van der Waals surface area (Å²) in [5.74, 6) is 1.34. The largest absolute Gasteiger partial charge is 0.497 e. The van der Waals surface area contributed by atoms with Gasteiger partial charge in [0.1, 0.15) is 5.75 Å². The van der Waals surface area contributed by atoms with E-state index in [1.54, 1.807) is 7.11 Å². The summed E-state index contributed by atoms with van der Waals surface area (Å²) in [6.45, 7) is 9.84. The lowest BCUT2D eigenvalue weighted by molar-refractivity contribution is 0.123. The van der Waals surface area contributed by atoms with Crippen molar-refractivity contribution in [2.75, 3.05) is 38.3 Å². The van der Waals surface area contributed by atoms with Crippen LogP contribution in [0, 0.1) is 6.92 Å². The Kier molecular flexibility index (Phi) is 4.21. The molecule has 1 fully saturated rings. The van der Waals surface area contributed by atoms with E-state index in [-0.39, 0.29) is 0 Å². The van der Waals surface area contributed by atoms with Gasteiger partial charge in [-0.2, -0.15) is 0 Å². The Morgan fingerprint density at radius 1 is 1.18 bits per heavy atom. The zero-order chi connectivity index (χ0) is 15.7. The van der Waals surface area contributed by atoms with Gasteiger partial charge in [-0.25, -0.2) is 0 Å². The first-order chi connectivity index (χ1) is 10.6. The number of fused-ring (bicyclic) bond motifs is 1. The van der Waals surface area contributed by atoms with E-state index in [1.165, 1.54) is 10.9 Å². The highest BCUT2D eigenvalue weighted by Gasteiger charge is 2.19. The maximum atomic E-state index is 5.53. The van der Waals surface area contributed by atoms with E-state index < -0.39 is 0 Å². The zero-order valence-electron chi connectivity index (χ0n) is 13.8. The molecule has 0 saturated carbocycles. The Morgan fingerprint density at radius 3 is 2.55 bits per heavy atom. The van der Waals surface area contributed by atoms with Gasteiger partial charge in [0, 0.05) is 30.2 Å². The molecule has 0 aliphatic carbocycles. The molecule has 2 heterocycles. The van der Waals surface area contributed by atoms with Gasteiger partial charge >= 0.3 is 0 Å². The highest BCUT2D eigenvalue weighted by atomic mass is 16.5. The minimum absolute atomic E-state index is 0.453. The van der Waals surface area contributed by atoms with Gasteiger partial charge in [0.25, 0.3) is 0 Å². The topological polar surface area (TPSA) is 34.6 Å². The van der Waals surface area contributed by atoms with Crippen molar-refractivity contribution in [3.63, 3.8) is 0 Å².